The maximum atomic E-state index is 4.77. The van der Waals surface area contributed by atoms with Gasteiger partial charge in [-0.15, -0.1) is 0 Å². The molecule has 0 saturated carbocycles. The largest absolute Gasteiger partial charge is 0.265 e. The molecule has 552 valence electrons. The molecule has 0 saturated heterocycles. The molecule has 114 heavy (non-hydrogen) atoms. The molecule has 4 aromatic carbocycles. The first kappa shape index (κ1) is 77.1. The fourth-order valence-electron chi connectivity index (χ4n) is 12.4. The second kappa shape index (κ2) is 39.4. The summed E-state index contributed by atoms with van der Waals surface area (Å²) in [5.74, 6) is 0. The van der Waals surface area contributed by atoms with E-state index in [9.17, 15) is 0 Å². The van der Waals surface area contributed by atoms with Crippen molar-refractivity contribution in [2.24, 2.45) is 0 Å². The van der Waals surface area contributed by atoms with E-state index >= 15 is 0 Å². The third-order valence-corrected chi connectivity index (χ3v) is 17.8. The number of hydrogen-bond donors (Lipinski definition) is 0. The summed E-state index contributed by atoms with van der Waals surface area (Å²) >= 11 is 0. The van der Waals surface area contributed by atoms with Crippen LogP contribution in [0.2, 0.25) is 0 Å². The third-order valence-electron chi connectivity index (χ3n) is 17.8. The summed E-state index contributed by atoms with van der Waals surface area (Å²) in [7, 11) is 0. The Balaban J connectivity index is 0.000000119. The van der Waals surface area contributed by atoms with Crippen LogP contribution in [0.15, 0.2) is 390 Å². The van der Waals surface area contributed by atoms with Crippen molar-refractivity contribution in [2.45, 2.75) is 41.5 Å². The van der Waals surface area contributed by atoms with Gasteiger partial charge in [0.25, 0.3) is 0 Å². The summed E-state index contributed by atoms with van der Waals surface area (Å²) in [5, 5.41) is 0. The number of aryl methyl sites for hydroxylation is 6. The molecule has 0 bridgehead atoms. The van der Waals surface area contributed by atoms with Gasteiger partial charge in [-0.05, 0) is 245 Å². The van der Waals surface area contributed by atoms with Crippen LogP contribution in [0.5, 0.6) is 0 Å². The molecule has 0 fully saturated rings. The van der Waals surface area contributed by atoms with Gasteiger partial charge in [0.1, 0.15) is 0 Å². The molecule has 0 aliphatic heterocycles. The van der Waals surface area contributed by atoms with Gasteiger partial charge >= 0.3 is 0 Å². The van der Waals surface area contributed by atoms with Crippen molar-refractivity contribution in [3.63, 3.8) is 0 Å². The Morgan fingerprint density at radius 1 is 0.132 bits per heavy atom. The van der Waals surface area contributed by atoms with Crippen LogP contribution in [-0.4, -0.2) is 69.8 Å². The zero-order valence-electron chi connectivity index (χ0n) is 64.2. The highest BCUT2D eigenvalue weighted by Gasteiger charge is 2.12. The van der Waals surface area contributed by atoms with Gasteiger partial charge in [-0.2, -0.15) is 0 Å². The third kappa shape index (κ3) is 22.1. The number of nitrogens with zero attached hydrogens (tertiary/aromatic N) is 14. The van der Waals surface area contributed by atoms with E-state index < -0.39 is 0 Å². The van der Waals surface area contributed by atoms with Gasteiger partial charge in [0.15, 0.2) is 0 Å². The van der Waals surface area contributed by atoms with Crippen LogP contribution in [0, 0.1) is 41.5 Å². The fourth-order valence-corrected chi connectivity index (χ4v) is 12.4. The van der Waals surface area contributed by atoms with Crippen LogP contribution < -0.4 is 0 Å². The van der Waals surface area contributed by atoms with E-state index in [0.717, 1.165) is 135 Å². The Morgan fingerprint density at radius 2 is 0.272 bits per heavy atom. The minimum atomic E-state index is 0.937. The molecule has 0 spiro atoms. The SMILES string of the molecule is Cc1cc(-c2ccccc2)nc(-c2ccccc2)c1.Cc1cc(-c2ccccc2)nc(-c2cccnc2)c1.Cc1cc(-c2ccccc2)nc(-c2ccncc2)c1.Cc1cc(-c2cccnc2)nc(-c2cccnc2)c1.Cc1cc(-c2ccncc2)nc(-c2cccnc2)c1.Cc1cc(-c2ccncc2)nc(-c2ccncc2)c1. The first-order chi connectivity index (χ1) is 56.0. The number of rotatable bonds is 12. The van der Waals surface area contributed by atoms with Crippen molar-refractivity contribution in [3.05, 3.63) is 424 Å². The second-order valence-electron chi connectivity index (χ2n) is 26.9. The molecule has 0 aliphatic rings. The van der Waals surface area contributed by atoms with E-state index in [2.05, 4.69) is 203 Å². The molecule has 18 rings (SSSR count). The van der Waals surface area contributed by atoms with E-state index in [4.69, 9.17) is 29.9 Å². The maximum absolute atomic E-state index is 4.77. The van der Waals surface area contributed by atoms with Crippen LogP contribution in [-0.2, 0) is 0 Å². The molecule has 14 heteroatoms. The lowest BCUT2D eigenvalue weighted by atomic mass is 10.1. The van der Waals surface area contributed by atoms with Crippen molar-refractivity contribution in [2.75, 3.05) is 0 Å². The summed E-state index contributed by atoms with van der Waals surface area (Å²) in [6.07, 6.45) is 28.7. The molecule has 0 radical (unpaired) electrons. The molecule has 0 N–H and O–H groups in total. The zero-order valence-corrected chi connectivity index (χ0v) is 64.2. The van der Waals surface area contributed by atoms with E-state index in [1.54, 1.807) is 74.4 Å². The predicted octanol–water partition coefficient (Wildman–Crippen LogP) is 23.5. The van der Waals surface area contributed by atoms with Gasteiger partial charge in [0.2, 0.25) is 0 Å². The minimum Gasteiger partial charge on any atom is -0.265 e. The van der Waals surface area contributed by atoms with Crippen molar-refractivity contribution in [1.29, 1.82) is 0 Å². The molecule has 14 aromatic heterocycles. The summed E-state index contributed by atoms with van der Waals surface area (Å²) < 4.78 is 0. The number of benzene rings is 4. The van der Waals surface area contributed by atoms with Crippen LogP contribution >= 0.6 is 0 Å². The Bertz CT molecular complexity index is 4680. The monoisotopic (exact) mass is 1480 g/mol. The number of aromatic nitrogens is 14. The Hall–Kier alpha value is -15.0. The highest BCUT2D eigenvalue weighted by molar-refractivity contribution is 5.73. The van der Waals surface area contributed by atoms with Crippen molar-refractivity contribution in [3.8, 4) is 135 Å². The summed E-state index contributed by atoms with van der Waals surface area (Å²) in [4.78, 5) is 61.1. The van der Waals surface area contributed by atoms with E-state index in [1.807, 2.05) is 195 Å². The quantitative estimate of drug-likeness (QED) is 0.113. The maximum Gasteiger partial charge on any atom is 0.0727 e. The summed E-state index contributed by atoms with van der Waals surface area (Å²) in [5.41, 5.74) is 31.9. The van der Waals surface area contributed by atoms with E-state index in [0.29, 0.717) is 0 Å². The van der Waals surface area contributed by atoms with Crippen LogP contribution in [0.25, 0.3) is 135 Å². The Kier molecular flexibility index (Phi) is 26.6. The Labute approximate surface area is 666 Å². The van der Waals surface area contributed by atoms with Crippen molar-refractivity contribution < 1.29 is 0 Å². The lowest BCUT2D eigenvalue weighted by Crippen LogP contribution is -1.91. The van der Waals surface area contributed by atoms with Gasteiger partial charge in [0, 0.05) is 166 Å². The van der Waals surface area contributed by atoms with E-state index in [-0.39, 0.29) is 0 Å². The number of pyridine rings is 14. The topological polar surface area (TPSA) is 180 Å². The number of hydrogen-bond acceptors (Lipinski definition) is 14. The summed E-state index contributed by atoms with van der Waals surface area (Å²) in [6, 6.07) is 97.7. The van der Waals surface area contributed by atoms with Gasteiger partial charge in [-0.3, -0.25) is 39.9 Å². The lowest BCUT2D eigenvalue weighted by Gasteiger charge is -2.07. The average molecular weight is 1480 g/mol. The van der Waals surface area contributed by atoms with Crippen molar-refractivity contribution >= 4 is 0 Å². The first-order valence-electron chi connectivity index (χ1n) is 37.3. The highest BCUT2D eigenvalue weighted by atomic mass is 14.8. The lowest BCUT2D eigenvalue weighted by molar-refractivity contribution is 1.24. The molecule has 0 aliphatic carbocycles. The zero-order chi connectivity index (χ0) is 78.5. The average Bonchev–Trinajstić information content (AvgIpc) is 0.855. The smallest absolute Gasteiger partial charge is 0.0727 e. The van der Waals surface area contributed by atoms with E-state index in [1.165, 1.54) is 33.4 Å². The fraction of sp³-hybridized carbons (Fsp3) is 0.0600. The minimum absolute atomic E-state index is 0.937. The van der Waals surface area contributed by atoms with Gasteiger partial charge in [-0.1, -0.05) is 121 Å². The molecule has 18 aromatic rings. The van der Waals surface area contributed by atoms with Gasteiger partial charge in [-0.25, -0.2) is 29.9 Å². The van der Waals surface area contributed by atoms with Crippen molar-refractivity contribution in [1.82, 2.24) is 69.8 Å². The van der Waals surface area contributed by atoms with Gasteiger partial charge in [0.05, 0.1) is 68.3 Å². The summed E-state index contributed by atoms with van der Waals surface area (Å²) in [6.45, 7) is 12.5. The normalized spacial score (nSPS) is 10.4. The first-order valence-corrected chi connectivity index (χ1v) is 37.3. The molecule has 0 atom stereocenters. The molecular weight excluding hydrogens is 1400 g/mol. The second-order valence-corrected chi connectivity index (χ2v) is 26.9. The predicted molar refractivity (Wildman–Crippen MR) is 461 cm³/mol. The standard InChI is InChI=1S/C18H15N.2C17H14N2.3C16H13N3/c1-14-12-17(15-8-4-2-5-9-15)19-18(13-14)16-10-6-3-7-11-16;1-13-10-16(14-6-3-2-4-7-14)19-17(11-13)15-8-5-9-18-12-15;1-13-11-16(14-5-3-2-4-6-14)19-17(12-13)15-7-9-18-10-8-15;1-12-10-15(13-2-6-17-7-3-13)19-16(11-12)14-4-8-18-9-5-14;1-12-8-15(13-4-2-6-17-10-13)19-16(9-12)14-5-3-7-18-11-14;1-12-9-15(13-4-7-17-8-5-13)19-16(10-12)14-3-2-6-18-11-14/h2-13H,1H3;2*2-12H,1H3;3*2-11H,1H3. The molecule has 0 amide bonds. The highest BCUT2D eigenvalue weighted by Crippen LogP contribution is 2.31. The Morgan fingerprint density at radius 3 is 0.421 bits per heavy atom. The molecule has 14 heterocycles. The van der Waals surface area contributed by atoms with Crippen LogP contribution in [0.3, 0.4) is 0 Å². The van der Waals surface area contributed by atoms with Gasteiger partial charge < -0.3 is 0 Å². The molecule has 14 nitrogen and oxygen atoms in total. The molecular formula is C100H82N14. The van der Waals surface area contributed by atoms with Crippen LogP contribution in [0.4, 0.5) is 0 Å². The molecule has 0 unspecified atom stereocenters. The van der Waals surface area contributed by atoms with Crippen LogP contribution in [0.1, 0.15) is 33.4 Å².